The third kappa shape index (κ3) is 2.58. The van der Waals surface area contributed by atoms with Gasteiger partial charge in [0.25, 0.3) is 0 Å². The molecule has 0 aliphatic heterocycles. The molecule has 1 aromatic heterocycles. The largest absolute Gasteiger partial charge is 0.392 e. The molecular formula is C13H15BrN2O. The smallest absolute Gasteiger partial charge is 0.0738 e. The van der Waals surface area contributed by atoms with E-state index < -0.39 is 0 Å². The predicted octanol–water partition coefficient (Wildman–Crippen LogP) is 2.80. The average molecular weight is 295 g/mol. The third-order valence-corrected chi connectivity index (χ3v) is 3.98. The number of nitrogens with zero attached hydrogens (tertiary/aromatic N) is 2. The van der Waals surface area contributed by atoms with Crippen LogP contribution in [0.1, 0.15) is 22.5 Å². The fourth-order valence-corrected chi connectivity index (χ4v) is 2.04. The molecule has 4 heteroatoms. The number of aliphatic hydroxyl groups is 1. The van der Waals surface area contributed by atoms with Crippen LogP contribution in [0.3, 0.4) is 0 Å². The maximum atomic E-state index is 8.98. The minimum atomic E-state index is 0.0890. The lowest BCUT2D eigenvalue weighted by molar-refractivity contribution is 0.282. The van der Waals surface area contributed by atoms with Crippen LogP contribution in [-0.4, -0.2) is 14.9 Å². The summed E-state index contributed by atoms with van der Waals surface area (Å²) in [7, 11) is 0. The molecule has 0 fully saturated rings. The minimum absolute atomic E-state index is 0.0890. The van der Waals surface area contributed by atoms with Gasteiger partial charge in [0.15, 0.2) is 0 Å². The average Bonchev–Trinajstić information content (AvgIpc) is 2.58. The van der Waals surface area contributed by atoms with Crippen LogP contribution in [0.25, 0.3) is 0 Å². The molecule has 0 saturated carbocycles. The molecule has 90 valence electrons. The molecule has 0 radical (unpaired) electrons. The van der Waals surface area contributed by atoms with E-state index in [0.717, 1.165) is 28.0 Å². The number of hydrogen-bond acceptors (Lipinski definition) is 2. The molecule has 0 unspecified atom stereocenters. The van der Waals surface area contributed by atoms with E-state index in [4.69, 9.17) is 5.11 Å². The van der Waals surface area contributed by atoms with Crippen LogP contribution < -0.4 is 0 Å². The van der Waals surface area contributed by atoms with Crippen molar-refractivity contribution in [3.05, 3.63) is 51.3 Å². The van der Waals surface area contributed by atoms with Gasteiger partial charge in [0.2, 0.25) is 0 Å². The van der Waals surface area contributed by atoms with E-state index in [0.29, 0.717) is 0 Å². The van der Waals surface area contributed by atoms with E-state index in [9.17, 15) is 0 Å². The van der Waals surface area contributed by atoms with Crippen LogP contribution in [0, 0.1) is 13.8 Å². The van der Waals surface area contributed by atoms with E-state index in [1.807, 2.05) is 42.8 Å². The molecule has 0 bridgehead atoms. The number of aryl methyl sites for hydroxylation is 1. The van der Waals surface area contributed by atoms with Crippen molar-refractivity contribution in [1.29, 1.82) is 0 Å². The number of aliphatic hydroxyl groups excluding tert-OH is 1. The number of benzene rings is 1. The Morgan fingerprint density at radius 1 is 1.18 bits per heavy atom. The first-order valence-electron chi connectivity index (χ1n) is 5.50. The molecule has 0 aliphatic rings. The zero-order valence-corrected chi connectivity index (χ0v) is 11.5. The first-order valence-corrected chi connectivity index (χ1v) is 6.29. The van der Waals surface area contributed by atoms with E-state index in [1.165, 1.54) is 5.56 Å². The van der Waals surface area contributed by atoms with Gasteiger partial charge < -0.3 is 5.11 Å². The normalized spacial score (nSPS) is 10.8. The summed E-state index contributed by atoms with van der Waals surface area (Å²) in [6.45, 7) is 4.88. The fourth-order valence-electron chi connectivity index (χ4n) is 1.75. The monoisotopic (exact) mass is 294 g/mol. The van der Waals surface area contributed by atoms with Gasteiger partial charge in [0, 0.05) is 0 Å². The Morgan fingerprint density at radius 3 is 2.24 bits per heavy atom. The number of halogens is 1. The second-order valence-electron chi connectivity index (χ2n) is 4.12. The van der Waals surface area contributed by atoms with Crippen molar-refractivity contribution in [1.82, 2.24) is 9.78 Å². The Balaban J connectivity index is 2.22. The highest BCUT2D eigenvalue weighted by Gasteiger charge is 2.08. The van der Waals surface area contributed by atoms with Crippen LogP contribution in [0.15, 0.2) is 28.7 Å². The summed E-state index contributed by atoms with van der Waals surface area (Å²) in [4.78, 5) is 0. The lowest BCUT2D eigenvalue weighted by atomic mass is 10.1. The summed E-state index contributed by atoms with van der Waals surface area (Å²) in [5, 5.41) is 13.4. The molecule has 1 N–H and O–H groups in total. The van der Waals surface area contributed by atoms with Crippen LogP contribution in [0.4, 0.5) is 0 Å². The Labute approximate surface area is 109 Å². The summed E-state index contributed by atoms with van der Waals surface area (Å²) in [5.41, 5.74) is 4.26. The van der Waals surface area contributed by atoms with Crippen molar-refractivity contribution in [3.8, 4) is 0 Å². The second-order valence-corrected chi connectivity index (χ2v) is 4.91. The molecule has 0 spiro atoms. The zero-order chi connectivity index (χ0) is 12.4. The minimum Gasteiger partial charge on any atom is -0.392 e. The molecule has 1 aromatic carbocycles. The number of hydrogen-bond donors (Lipinski definition) is 1. The van der Waals surface area contributed by atoms with Crippen molar-refractivity contribution < 1.29 is 5.11 Å². The Bertz CT molecular complexity index is 517. The maximum absolute atomic E-state index is 8.98. The van der Waals surface area contributed by atoms with Gasteiger partial charge in [-0.25, -0.2) is 0 Å². The molecular weight excluding hydrogens is 280 g/mol. The highest BCUT2D eigenvalue weighted by atomic mass is 79.9. The zero-order valence-electron chi connectivity index (χ0n) is 9.94. The number of rotatable bonds is 3. The van der Waals surface area contributed by atoms with Crippen molar-refractivity contribution in [2.45, 2.75) is 27.0 Å². The van der Waals surface area contributed by atoms with Gasteiger partial charge in [0.05, 0.1) is 29.0 Å². The van der Waals surface area contributed by atoms with Gasteiger partial charge in [-0.15, -0.1) is 0 Å². The van der Waals surface area contributed by atoms with E-state index in [-0.39, 0.29) is 6.61 Å². The second kappa shape index (κ2) is 5.02. The molecule has 2 aromatic rings. The van der Waals surface area contributed by atoms with Gasteiger partial charge in [-0.3, -0.25) is 4.68 Å². The predicted molar refractivity (Wildman–Crippen MR) is 70.9 cm³/mol. The van der Waals surface area contributed by atoms with Crippen LogP contribution in [-0.2, 0) is 13.2 Å². The SMILES string of the molecule is Cc1nn(Cc2ccc(CO)cc2)c(C)c1Br. The molecule has 0 aliphatic carbocycles. The van der Waals surface area contributed by atoms with Gasteiger partial charge >= 0.3 is 0 Å². The Morgan fingerprint density at radius 2 is 1.76 bits per heavy atom. The third-order valence-electron chi connectivity index (χ3n) is 2.83. The highest BCUT2D eigenvalue weighted by molar-refractivity contribution is 9.10. The summed E-state index contributed by atoms with van der Waals surface area (Å²) in [6.07, 6.45) is 0. The first kappa shape index (κ1) is 12.3. The maximum Gasteiger partial charge on any atom is 0.0738 e. The molecule has 0 atom stereocenters. The first-order chi connectivity index (χ1) is 8.11. The summed E-state index contributed by atoms with van der Waals surface area (Å²) >= 11 is 3.52. The van der Waals surface area contributed by atoms with E-state index >= 15 is 0 Å². The van der Waals surface area contributed by atoms with Gasteiger partial charge in [-0.1, -0.05) is 24.3 Å². The standard InChI is InChI=1S/C13H15BrN2O/c1-9-13(14)10(2)16(15-9)7-11-3-5-12(8-17)6-4-11/h3-6,17H,7-8H2,1-2H3. The topological polar surface area (TPSA) is 38.0 Å². The lowest BCUT2D eigenvalue weighted by Crippen LogP contribution is -2.04. The van der Waals surface area contributed by atoms with Crippen LogP contribution in [0.2, 0.25) is 0 Å². The fraction of sp³-hybridized carbons (Fsp3) is 0.308. The molecule has 3 nitrogen and oxygen atoms in total. The molecule has 2 rings (SSSR count). The van der Waals surface area contributed by atoms with Crippen molar-refractivity contribution >= 4 is 15.9 Å². The van der Waals surface area contributed by atoms with Crippen molar-refractivity contribution in [2.24, 2.45) is 0 Å². The summed E-state index contributed by atoms with van der Waals surface area (Å²) < 4.78 is 3.05. The molecule has 0 saturated heterocycles. The lowest BCUT2D eigenvalue weighted by Gasteiger charge is -2.05. The van der Waals surface area contributed by atoms with E-state index in [2.05, 4.69) is 21.0 Å². The quantitative estimate of drug-likeness (QED) is 0.945. The van der Waals surface area contributed by atoms with Crippen LogP contribution in [0.5, 0.6) is 0 Å². The van der Waals surface area contributed by atoms with Crippen LogP contribution >= 0.6 is 15.9 Å². The van der Waals surface area contributed by atoms with Crippen molar-refractivity contribution in [3.63, 3.8) is 0 Å². The molecule has 0 amide bonds. The highest BCUT2D eigenvalue weighted by Crippen LogP contribution is 2.20. The van der Waals surface area contributed by atoms with Crippen molar-refractivity contribution in [2.75, 3.05) is 0 Å². The number of aromatic nitrogens is 2. The van der Waals surface area contributed by atoms with Gasteiger partial charge in [-0.2, -0.15) is 5.10 Å². The molecule has 17 heavy (non-hydrogen) atoms. The molecule has 1 heterocycles. The Kier molecular flexibility index (Phi) is 3.64. The van der Waals surface area contributed by atoms with Gasteiger partial charge in [0.1, 0.15) is 0 Å². The summed E-state index contributed by atoms with van der Waals surface area (Å²) in [5.74, 6) is 0. The van der Waals surface area contributed by atoms with Gasteiger partial charge in [-0.05, 0) is 40.9 Å². The summed E-state index contributed by atoms with van der Waals surface area (Å²) in [6, 6.07) is 7.93. The Hall–Kier alpha value is -1.13. The van der Waals surface area contributed by atoms with E-state index in [1.54, 1.807) is 0 Å².